The van der Waals surface area contributed by atoms with Gasteiger partial charge in [-0.25, -0.2) is 43.1 Å². The number of rotatable bonds is 8. The van der Waals surface area contributed by atoms with E-state index in [0.29, 0.717) is 28.9 Å². The van der Waals surface area contributed by atoms with Crippen LogP contribution >= 0.6 is 0 Å². The molecule has 411 valence electrons. The van der Waals surface area contributed by atoms with Gasteiger partial charge < -0.3 is 21.1 Å². The smallest absolute Gasteiger partial charge is 1.00 e. The van der Waals surface area contributed by atoms with Gasteiger partial charge in [0, 0.05) is 68.9 Å². The van der Waals surface area contributed by atoms with Crippen molar-refractivity contribution in [3.63, 3.8) is 0 Å². The Labute approximate surface area is 615 Å². The number of nitrogens with zero attached hydrogens (tertiary/aromatic N) is 7. The minimum atomic E-state index is -1.00. The summed E-state index contributed by atoms with van der Waals surface area (Å²) in [7, 11) is -1.00. The fraction of sp³-hybridized carbons (Fsp3) is 0.0147. The van der Waals surface area contributed by atoms with Gasteiger partial charge in [0.2, 0.25) is 0 Å². The van der Waals surface area contributed by atoms with Crippen LogP contribution in [-0.4, -0.2) is 61.5 Å². The van der Waals surface area contributed by atoms with Crippen LogP contribution in [0.5, 0.6) is 0 Å². The average Bonchev–Trinajstić information content (AvgIpc) is 2.18. The predicted octanol–water partition coefficient (Wildman–Crippen LogP) is 9.34. The first kappa shape index (κ1) is 65.1. The summed E-state index contributed by atoms with van der Waals surface area (Å²) in [5, 5.41) is 13.3. The Balaban J connectivity index is 0.000000213. The largest absolute Gasteiger partial charge is 1.00 e. The SMILES string of the molecule is Fc1ccc(-n2c3ccccc3c3ccccc32)cc1-c1nc(-c2ccccc2)nc(-c2ccccc2)n1.Fc1ccc(F)c(-c2nc(-c3ccccc3)nc(-c3ccccc3)n2)c1.O=CO[O-].[2H]CF.[B].[Cs+].[Cs+].[H-].c1ccc2c(c1)[nH]c1ccccc12. The van der Waals surface area contributed by atoms with Crippen LogP contribution in [0.1, 0.15) is 2.80 Å². The van der Waals surface area contributed by atoms with Gasteiger partial charge in [-0.15, -0.1) is 0 Å². The second kappa shape index (κ2) is 32.8. The maximum atomic E-state index is 15.5. The number of benzene rings is 10. The molecule has 0 aliphatic rings. The topological polar surface area (TPSA) is 147 Å². The van der Waals surface area contributed by atoms with E-state index in [1.165, 1.54) is 27.9 Å². The second-order valence-electron chi connectivity index (χ2n) is 18.1. The van der Waals surface area contributed by atoms with E-state index in [9.17, 15) is 13.2 Å². The molecule has 4 heterocycles. The van der Waals surface area contributed by atoms with Crippen molar-refractivity contribution >= 4 is 58.5 Å². The van der Waals surface area contributed by atoms with Gasteiger partial charge in [0.1, 0.15) is 17.5 Å². The number of hydrogen-bond acceptors (Lipinski definition) is 9. The maximum absolute atomic E-state index is 15.5. The number of nitrogens with one attached hydrogen (secondary N) is 1. The zero-order chi connectivity index (χ0) is 58.2. The Hall–Kier alpha value is -6.86. The summed E-state index contributed by atoms with van der Waals surface area (Å²) in [6.07, 6.45) is 0. The first-order valence-corrected chi connectivity index (χ1v) is 25.8. The third-order valence-electron chi connectivity index (χ3n) is 13.1. The number of carbonyl (C=O) groups is 1. The molecule has 14 rings (SSSR count). The molecule has 3 radical (unpaired) electrons. The molecule has 0 spiro atoms. The molecule has 0 atom stereocenters. The quantitative estimate of drug-likeness (QED) is 0.0517. The fourth-order valence-corrected chi connectivity index (χ4v) is 9.35. The molecule has 4 aromatic heterocycles. The van der Waals surface area contributed by atoms with Crippen LogP contribution in [0.15, 0.2) is 255 Å². The molecule has 0 aliphatic carbocycles. The monoisotopic (exact) mass is 1380 g/mol. The van der Waals surface area contributed by atoms with Crippen LogP contribution in [0.4, 0.5) is 17.6 Å². The van der Waals surface area contributed by atoms with Crippen molar-refractivity contribution in [2.45, 2.75) is 0 Å². The number of fused-ring (bicyclic) bond motifs is 6. The number of halogens is 4. The summed E-state index contributed by atoms with van der Waals surface area (Å²) < 4.78 is 61.0. The van der Waals surface area contributed by atoms with Gasteiger partial charge in [-0.3, -0.25) is 9.18 Å². The van der Waals surface area contributed by atoms with Crippen LogP contribution in [0.3, 0.4) is 0 Å². The number of aromatic amines is 1. The summed E-state index contributed by atoms with van der Waals surface area (Å²) >= 11 is 0. The number of para-hydroxylation sites is 4. The molecule has 0 fully saturated rings. The van der Waals surface area contributed by atoms with E-state index in [2.05, 4.69) is 102 Å². The summed E-state index contributed by atoms with van der Waals surface area (Å²) in [4.78, 5) is 42.1. The molecule has 1 N–H and O–H groups in total. The van der Waals surface area contributed by atoms with Crippen molar-refractivity contribution in [1.29, 1.82) is 0 Å². The van der Waals surface area contributed by atoms with Crippen molar-refractivity contribution in [3.8, 4) is 74.0 Å². The Morgan fingerprint density at radius 1 is 0.442 bits per heavy atom. The summed E-state index contributed by atoms with van der Waals surface area (Å²) in [6, 6.07) is 79.7. The number of hydrogen-bond donors (Lipinski definition) is 1. The summed E-state index contributed by atoms with van der Waals surface area (Å²) in [5.41, 5.74) is 8.90. The van der Waals surface area contributed by atoms with Gasteiger partial charge in [0.05, 0.1) is 30.7 Å². The predicted molar refractivity (Wildman–Crippen MR) is 323 cm³/mol. The molecular weight excluding hydrogens is 1330 g/mol. The summed E-state index contributed by atoms with van der Waals surface area (Å²) in [6.45, 7) is -0.181. The molecule has 0 unspecified atom stereocenters. The van der Waals surface area contributed by atoms with E-state index in [-0.39, 0.29) is 171 Å². The molecule has 10 aromatic carbocycles. The minimum Gasteiger partial charge on any atom is -1.00 e. The van der Waals surface area contributed by atoms with E-state index in [0.717, 1.165) is 67.9 Å². The van der Waals surface area contributed by atoms with Crippen LogP contribution in [0.25, 0.3) is 118 Å². The molecular formula is C68H48BCs2F4N8O3. The van der Waals surface area contributed by atoms with Crippen molar-refractivity contribution in [3.05, 3.63) is 272 Å². The zero-order valence-corrected chi connectivity index (χ0v) is 59.0. The molecule has 86 heavy (non-hydrogen) atoms. The number of alkyl halides is 1. The number of carbonyl (C=O) groups excluding carboxylic acids is 1. The van der Waals surface area contributed by atoms with Crippen molar-refractivity contribution in [2.24, 2.45) is 0 Å². The van der Waals surface area contributed by atoms with Crippen molar-refractivity contribution in [1.82, 2.24) is 39.5 Å². The molecule has 14 aromatic rings. The van der Waals surface area contributed by atoms with Gasteiger partial charge in [-0.1, -0.05) is 194 Å². The zero-order valence-electron chi connectivity index (χ0n) is 48.5. The van der Waals surface area contributed by atoms with Gasteiger partial charge in [0.25, 0.3) is 6.47 Å². The Morgan fingerprint density at radius 2 is 0.744 bits per heavy atom. The first-order chi connectivity index (χ1) is 41.2. The van der Waals surface area contributed by atoms with Gasteiger partial charge >= 0.3 is 138 Å². The van der Waals surface area contributed by atoms with Crippen LogP contribution in [-0.2, 0) is 9.68 Å². The van der Waals surface area contributed by atoms with E-state index in [1.807, 2.05) is 152 Å². The van der Waals surface area contributed by atoms with Crippen LogP contribution < -0.4 is 143 Å². The van der Waals surface area contributed by atoms with Gasteiger partial charge in [-0.2, -0.15) is 0 Å². The fourth-order valence-electron chi connectivity index (χ4n) is 9.35. The summed E-state index contributed by atoms with van der Waals surface area (Å²) in [5.74, 6) is 0.648. The standard InChI is InChI=1S/C33H21FN4.C21H13F2N3.C12H9N.CH3F.CH2O3.B.2Cs.H/c34-28-20-19-24(38-29-17-9-7-15-25(29)26-16-8-10-18-30(26)38)21-27(28)33-36-31(22-11-3-1-4-12-22)35-32(37-33)23-13-5-2-6-14-23;22-16-11-12-18(23)17(13-16)21-25-19(14-7-3-1-4-8-14)24-20(26-21)15-9-5-2-6-10-15;1-3-7-11-9(5-1)10-6-2-4-8-12(10)13-11;1-2;2-1-4-3;;;;/h1-21H;1-13H;1-8,13H;1H3;1,3H;;;;/q;;;;;;2*+1;-1/p-1/i;;;1D;;;;;. The average molecular weight is 1380 g/mol. The normalized spacial score (nSPS) is 10.4. The van der Waals surface area contributed by atoms with E-state index >= 15 is 4.39 Å². The number of aromatic nitrogens is 8. The molecule has 11 nitrogen and oxygen atoms in total. The van der Waals surface area contributed by atoms with Crippen LogP contribution in [0.2, 0.25) is 0 Å². The Kier molecular flexibility index (Phi) is 24.8. The maximum Gasteiger partial charge on any atom is 1.00 e. The van der Waals surface area contributed by atoms with E-state index in [4.69, 9.17) is 26.4 Å². The molecule has 18 heteroatoms. The molecule has 0 saturated heterocycles. The van der Waals surface area contributed by atoms with Crippen molar-refractivity contribution < 1.29 is 173 Å². The van der Waals surface area contributed by atoms with Crippen molar-refractivity contribution in [2.75, 3.05) is 7.15 Å². The minimum absolute atomic E-state index is 0. The third kappa shape index (κ3) is 15.8. The Morgan fingerprint density at radius 3 is 1.12 bits per heavy atom. The first-order valence-electron chi connectivity index (χ1n) is 26.5. The van der Waals surface area contributed by atoms with E-state index in [1.54, 1.807) is 6.07 Å². The second-order valence-corrected chi connectivity index (χ2v) is 18.1. The van der Waals surface area contributed by atoms with Gasteiger partial charge in [0.15, 0.2) is 34.9 Å². The van der Waals surface area contributed by atoms with Crippen LogP contribution in [0, 0.1) is 17.5 Å². The number of H-pyrrole nitrogens is 1. The Bertz CT molecular complexity index is 4310. The molecule has 0 amide bonds. The van der Waals surface area contributed by atoms with E-state index < -0.39 is 24.6 Å². The molecule has 0 bridgehead atoms. The third-order valence-corrected chi connectivity index (χ3v) is 13.1. The molecule has 0 saturated carbocycles. The molecule has 0 aliphatic heterocycles. The van der Waals surface area contributed by atoms with Gasteiger partial charge in [-0.05, 0) is 60.7 Å².